The molecule has 7 heteroatoms. The van der Waals surface area contributed by atoms with Crippen LogP contribution in [0.4, 0.5) is 22.7 Å². The van der Waals surface area contributed by atoms with E-state index < -0.39 is 4.92 Å². The number of nitrogens with zero attached hydrogens (tertiary/aromatic N) is 2. The Labute approximate surface area is 173 Å². The van der Waals surface area contributed by atoms with Crippen molar-refractivity contribution in [3.05, 3.63) is 69.8 Å². The molecule has 0 saturated carbocycles. The largest absolute Gasteiger partial charge is 0.350 e. The van der Waals surface area contributed by atoms with Crippen LogP contribution in [0.25, 0.3) is 0 Å². The Bertz CT molecular complexity index is 1080. The SMILES string of the molecule is O=C1[C@H]2CC=CC[C@@H]2C(=O)N1c1ccc(Nc2ccc3c(c2)CCC3)c([N+](=O)[O-])c1. The lowest BCUT2D eigenvalue weighted by molar-refractivity contribution is -0.383. The van der Waals surface area contributed by atoms with Crippen LogP contribution in [-0.4, -0.2) is 16.7 Å². The average Bonchev–Trinajstić information content (AvgIpc) is 3.31. The van der Waals surface area contributed by atoms with Crippen molar-refractivity contribution in [2.24, 2.45) is 11.8 Å². The first-order valence-corrected chi connectivity index (χ1v) is 10.2. The Kier molecular flexibility index (Phi) is 4.38. The van der Waals surface area contributed by atoms with Crippen molar-refractivity contribution in [3.8, 4) is 0 Å². The van der Waals surface area contributed by atoms with E-state index in [2.05, 4.69) is 11.4 Å². The second-order valence-electron chi connectivity index (χ2n) is 8.09. The highest BCUT2D eigenvalue weighted by Crippen LogP contribution is 2.40. The van der Waals surface area contributed by atoms with Crippen LogP contribution < -0.4 is 10.2 Å². The van der Waals surface area contributed by atoms with E-state index in [0.717, 1.165) is 29.8 Å². The van der Waals surface area contributed by atoms with Crippen LogP contribution in [0.1, 0.15) is 30.4 Å². The molecule has 0 radical (unpaired) electrons. The number of carbonyl (C=O) groups is 2. The highest BCUT2D eigenvalue weighted by molar-refractivity contribution is 6.22. The molecule has 1 heterocycles. The standard InChI is InChI=1S/C23H21N3O4/c27-22-18-6-1-2-7-19(18)23(28)25(22)17-10-11-20(21(13-17)26(29)30)24-16-9-8-14-4-3-5-15(14)12-16/h1-2,8-13,18-19,24H,3-7H2/t18-,19-/m0/s1. The van der Waals surface area contributed by atoms with Gasteiger partial charge in [0.05, 0.1) is 22.4 Å². The Morgan fingerprint density at radius 3 is 2.33 bits per heavy atom. The van der Waals surface area contributed by atoms with Gasteiger partial charge in [0.1, 0.15) is 5.69 Å². The van der Waals surface area contributed by atoms with Gasteiger partial charge in [-0.25, -0.2) is 4.90 Å². The van der Waals surface area contributed by atoms with Crippen molar-refractivity contribution < 1.29 is 14.5 Å². The molecule has 2 aromatic carbocycles. The first-order chi connectivity index (χ1) is 14.5. The van der Waals surface area contributed by atoms with Crippen molar-refractivity contribution in [1.82, 2.24) is 0 Å². The molecule has 2 aromatic rings. The summed E-state index contributed by atoms with van der Waals surface area (Å²) in [4.78, 5) is 38.0. The Morgan fingerprint density at radius 2 is 1.63 bits per heavy atom. The summed E-state index contributed by atoms with van der Waals surface area (Å²) in [5.41, 5.74) is 3.81. The number of hydrogen-bond donors (Lipinski definition) is 1. The van der Waals surface area contributed by atoms with Gasteiger partial charge < -0.3 is 5.32 Å². The second kappa shape index (κ2) is 7.09. The number of aryl methyl sites for hydroxylation is 2. The minimum Gasteiger partial charge on any atom is -0.350 e. The first kappa shape index (κ1) is 18.5. The molecule has 1 fully saturated rings. The molecule has 1 aliphatic heterocycles. The van der Waals surface area contributed by atoms with Crippen LogP contribution in [0.5, 0.6) is 0 Å². The summed E-state index contributed by atoms with van der Waals surface area (Å²) in [5, 5.41) is 14.9. The number of allylic oxidation sites excluding steroid dienone is 2. The molecule has 0 spiro atoms. The summed E-state index contributed by atoms with van der Waals surface area (Å²) < 4.78 is 0. The maximum absolute atomic E-state index is 12.8. The summed E-state index contributed by atoms with van der Waals surface area (Å²) in [6, 6.07) is 10.5. The number of carbonyl (C=O) groups excluding carboxylic acids is 2. The van der Waals surface area contributed by atoms with Gasteiger partial charge in [-0.15, -0.1) is 0 Å². The quantitative estimate of drug-likeness (QED) is 0.356. The van der Waals surface area contributed by atoms with Crippen molar-refractivity contribution in [3.63, 3.8) is 0 Å². The van der Waals surface area contributed by atoms with E-state index in [-0.39, 0.29) is 35.0 Å². The van der Waals surface area contributed by atoms with Gasteiger partial charge in [-0.3, -0.25) is 19.7 Å². The van der Waals surface area contributed by atoms with Crippen LogP contribution in [0.15, 0.2) is 48.6 Å². The molecule has 5 rings (SSSR count). The zero-order valence-electron chi connectivity index (χ0n) is 16.3. The van der Waals surface area contributed by atoms with Crippen LogP contribution in [0.3, 0.4) is 0 Å². The van der Waals surface area contributed by atoms with Gasteiger partial charge in [0.25, 0.3) is 5.69 Å². The second-order valence-corrected chi connectivity index (χ2v) is 8.09. The van der Waals surface area contributed by atoms with Crippen molar-refractivity contribution in [1.29, 1.82) is 0 Å². The van der Waals surface area contributed by atoms with Crippen molar-refractivity contribution in [2.75, 3.05) is 10.2 Å². The number of benzene rings is 2. The molecule has 152 valence electrons. The lowest BCUT2D eigenvalue weighted by Gasteiger charge is -2.16. The van der Waals surface area contributed by atoms with Gasteiger partial charge in [-0.1, -0.05) is 18.2 Å². The van der Waals surface area contributed by atoms with E-state index in [1.165, 1.54) is 17.2 Å². The number of nitrogens with one attached hydrogen (secondary N) is 1. The van der Waals surface area contributed by atoms with Crippen LogP contribution in [0, 0.1) is 22.0 Å². The third kappa shape index (κ3) is 2.98. The number of nitro benzene ring substituents is 1. The summed E-state index contributed by atoms with van der Waals surface area (Å²) in [6.45, 7) is 0. The smallest absolute Gasteiger partial charge is 0.294 e. The molecule has 1 N–H and O–H groups in total. The summed E-state index contributed by atoms with van der Waals surface area (Å²) in [7, 11) is 0. The molecule has 3 aliphatic rings. The average molecular weight is 403 g/mol. The molecular weight excluding hydrogens is 382 g/mol. The van der Waals surface area contributed by atoms with Gasteiger partial charge in [0, 0.05) is 11.8 Å². The van der Waals surface area contributed by atoms with E-state index in [1.807, 2.05) is 24.3 Å². The molecule has 0 bridgehead atoms. The number of fused-ring (bicyclic) bond motifs is 2. The maximum atomic E-state index is 12.8. The van der Waals surface area contributed by atoms with Gasteiger partial charge in [-0.2, -0.15) is 0 Å². The summed E-state index contributed by atoms with van der Waals surface area (Å²) in [6.07, 6.45) is 8.12. The van der Waals surface area contributed by atoms with Gasteiger partial charge >= 0.3 is 0 Å². The highest BCUT2D eigenvalue weighted by Gasteiger charge is 2.48. The van der Waals surface area contributed by atoms with E-state index in [9.17, 15) is 19.7 Å². The highest BCUT2D eigenvalue weighted by atomic mass is 16.6. The number of rotatable bonds is 4. The Morgan fingerprint density at radius 1 is 0.933 bits per heavy atom. The fourth-order valence-electron chi connectivity index (χ4n) is 4.78. The minimum atomic E-state index is -0.487. The number of hydrogen-bond acceptors (Lipinski definition) is 5. The van der Waals surface area contributed by atoms with Gasteiger partial charge in [0.2, 0.25) is 11.8 Å². The van der Waals surface area contributed by atoms with E-state index in [0.29, 0.717) is 18.5 Å². The van der Waals surface area contributed by atoms with E-state index in [4.69, 9.17) is 0 Å². The van der Waals surface area contributed by atoms with E-state index >= 15 is 0 Å². The van der Waals surface area contributed by atoms with Crippen LogP contribution in [-0.2, 0) is 22.4 Å². The fourth-order valence-corrected chi connectivity index (χ4v) is 4.78. The normalized spacial score (nSPS) is 22.2. The molecule has 2 aliphatic carbocycles. The molecule has 1 saturated heterocycles. The fraction of sp³-hybridized carbons (Fsp3) is 0.304. The van der Waals surface area contributed by atoms with Gasteiger partial charge in [0.15, 0.2) is 0 Å². The Hall–Kier alpha value is -3.48. The molecule has 0 unspecified atom stereocenters. The van der Waals surface area contributed by atoms with E-state index in [1.54, 1.807) is 12.1 Å². The first-order valence-electron chi connectivity index (χ1n) is 10.2. The molecule has 30 heavy (non-hydrogen) atoms. The third-order valence-electron chi connectivity index (χ3n) is 6.32. The number of anilines is 3. The van der Waals surface area contributed by atoms with Crippen LogP contribution in [0.2, 0.25) is 0 Å². The molecule has 0 aromatic heterocycles. The third-order valence-corrected chi connectivity index (χ3v) is 6.32. The van der Waals surface area contributed by atoms with Crippen molar-refractivity contribution >= 4 is 34.6 Å². The lowest BCUT2D eigenvalue weighted by Crippen LogP contribution is -2.30. The lowest BCUT2D eigenvalue weighted by atomic mass is 9.85. The minimum absolute atomic E-state index is 0.165. The molecule has 2 amide bonds. The number of imide groups is 1. The maximum Gasteiger partial charge on any atom is 0.294 e. The topological polar surface area (TPSA) is 92.6 Å². The number of nitro groups is 1. The van der Waals surface area contributed by atoms with Crippen LogP contribution >= 0.6 is 0 Å². The summed E-state index contributed by atoms with van der Waals surface area (Å²) >= 11 is 0. The zero-order chi connectivity index (χ0) is 20.8. The predicted octanol–water partition coefficient (Wildman–Crippen LogP) is 4.28. The molecule has 2 atom stereocenters. The molecule has 7 nitrogen and oxygen atoms in total. The monoisotopic (exact) mass is 403 g/mol. The number of amides is 2. The van der Waals surface area contributed by atoms with Crippen molar-refractivity contribution in [2.45, 2.75) is 32.1 Å². The summed E-state index contributed by atoms with van der Waals surface area (Å²) in [5.74, 6) is -1.29. The zero-order valence-corrected chi connectivity index (χ0v) is 16.3. The van der Waals surface area contributed by atoms with Gasteiger partial charge in [-0.05, 0) is 67.5 Å². The Balaban J connectivity index is 1.46. The predicted molar refractivity (Wildman–Crippen MR) is 113 cm³/mol. The molecular formula is C23H21N3O4.